The van der Waals surface area contributed by atoms with E-state index in [1.165, 1.54) is 0 Å². The van der Waals surface area contributed by atoms with E-state index >= 15 is 0 Å². The van der Waals surface area contributed by atoms with Crippen LogP contribution in [-0.2, 0) is 36.9 Å². The summed E-state index contributed by atoms with van der Waals surface area (Å²) in [5.74, 6) is -1.53. The maximum Gasteiger partial charge on any atom is 0.258 e. The van der Waals surface area contributed by atoms with Crippen molar-refractivity contribution in [2.24, 2.45) is 0 Å². The van der Waals surface area contributed by atoms with Crippen LogP contribution in [0.5, 0.6) is 0 Å². The van der Waals surface area contributed by atoms with Gasteiger partial charge in [-0.05, 0) is 11.1 Å². The third-order valence-corrected chi connectivity index (χ3v) is 7.51. The molecule has 15 nitrogen and oxygen atoms in total. The second-order valence-corrected chi connectivity index (χ2v) is 10.6. The van der Waals surface area contributed by atoms with Crippen LogP contribution in [-0.4, -0.2) is 122 Å². The fourth-order valence-corrected chi connectivity index (χ4v) is 4.93. The molecule has 2 aliphatic rings. The molecule has 0 radical (unpaired) electrons. The lowest BCUT2D eigenvalue weighted by Gasteiger charge is -2.46. The molecule has 45 heavy (non-hydrogen) atoms. The Morgan fingerprint density at radius 3 is 1.76 bits per heavy atom. The van der Waals surface area contributed by atoms with Gasteiger partial charge in [-0.3, -0.25) is 9.59 Å². The van der Waals surface area contributed by atoms with Gasteiger partial charge in [-0.2, -0.15) is 0 Å². The molecule has 2 aromatic carbocycles. The fraction of sp³-hybridized carbons (Fsp3) is 0.467. The lowest BCUT2D eigenvalue weighted by atomic mass is 9.95. The van der Waals surface area contributed by atoms with Crippen LogP contribution < -0.4 is 16.0 Å². The van der Waals surface area contributed by atoms with Gasteiger partial charge in [-0.25, -0.2) is 0 Å². The SMILES string of the molecule is O=C(NCc1ccccc1)C(=CN[C@@H]1[C@H](O)[C@H](O[C@@H]2O[C@H](CO)[C@H](O)[C@@H](O)[C@H]2O)[C@@H](CO)O[C@@H]1O)C(=O)NCc1ccccc1. The number of amides is 2. The van der Waals surface area contributed by atoms with Crippen LogP contribution in [0, 0.1) is 0 Å². The van der Waals surface area contributed by atoms with E-state index in [0.717, 1.165) is 17.3 Å². The molecular formula is C30H39N3O12. The van der Waals surface area contributed by atoms with Crippen molar-refractivity contribution in [2.45, 2.75) is 74.4 Å². The topological polar surface area (TPSA) is 240 Å². The van der Waals surface area contributed by atoms with Crippen molar-refractivity contribution in [1.82, 2.24) is 16.0 Å². The van der Waals surface area contributed by atoms with E-state index in [9.17, 15) is 45.3 Å². The van der Waals surface area contributed by atoms with Crippen LogP contribution in [0.1, 0.15) is 11.1 Å². The summed E-state index contributed by atoms with van der Waals surface area (Å²) in [5, 5.41) is 79.6. The summed E-state index contributed by atoms with van der Waals surface area (Å²) in [4.78, 5) is 26.4. The first-order valence-electron chi connectivity index (χ1n) is 14.3. The molecule has 246 valence electrons. The zero-order valence-electron chi connectivity index (χ0n) is 24.1. The van der Waals surface area contributed by atoms with Gasteiger partial charge in [-0.1, -0.05) is 60.7 Å². The smallest absolute Gasteiger partial charge is 0.258 e. The van der Waals surface area contributed by atoms with Gasteiger partial charge in [0.15, 0.2) is 12.6 Å². The Morgan fingerprint density at radius 2 is 1.24 bits per heavy atom. The molecule has 0 unspecified atom stereocenters. The average Bonchev–Trinajstić information content (AvgIpc) is 3.06. The molecule has 2 fully saturated rings. The zero-order chi connectivity index (χ0) is 32.5. The van der Waals surface area contributed by atoms with Gasteiger partial charge in [0.1, 0.15) is 54.3 Å². The van der Waals surface area contributed by atoms with E-state index in [1.54, 1.807) is 48.5 Å². The van der Waals surface area contributed by atoms with E-state index in [0.29, 0.717) is 0 Å². The minimum Gasteiger partial charge on any atom is -0.394 e. The summed E-state index contributed by atoms with van der Waals surface area (Å²) in [7, 11) is 0. The quantitative estimate of drug-likeness (QED) is 0.0628. The van der Waals surface area contributed by atoms with Crippen molar-refractivity contribution < 1.29 is 59.5 Å². The summed E-state index contributed by atoms with van der Waals surface area (Å²) in [5.41, 5.74) is 1.16. The summed E-state index contributed by atoms with van der Waals surface area (Å²) >= 11 is 0. The monoisotopic (exact) mass is 633 g/mol. The molecule has 10 N–H and O–H groups in total. The number of aliphatic hydroxyl groups excluding tert-OH is 7. The highest BCUT2D eigenvalue weighted by Gasteiger charge is 2.50. The van der Waals surface area contributed by atoms with Crippen LogP contribution in [0.4, 0.5) is 0 Å². The minimum atomic E-state index is -1.82. The summed E-state index contributed by atoms with van der Waals surface area (Å²) in [6.07, 6.45) is -13.6. The van der Waals surface area contributed by atoms with Gasteiger partial charge in [0.05, 0.1) is 13.2 Å². The van der Waals surface area contributed by atoms with Crippen molar-refractivity contribution in [3.63, 3.8) is 0 Å². The molecule has 0 aliphatic carbocycles. The molecule has 0 spiro atoms. The molecule has 2 heterocycles. The number of rotatable bonds is 12. The first kappa shape index (κ1) is 34.4. The number of hydrogen-bond donors (Lipinski definition) is 10. The van der Waals surface area contributed by atoms with Crippen LogP contribution >= 0.6 is 0 Å². The normalized spacial score (nSPS) is 31.4. The van der Waals surface area contributed by atoms with Crippen molar-refractivity contribution in [1.29, 1.82) is 0 Å². The Labute approximate surface area is 258 Å². The maximum absolute atomic E-state index is 13.2. The number of aliphatic hydroxyl groups is 7. The lowest BCUT2D eigenvalue weighted by molar-refractivity contribution is -0.345. The molecule has 2 amide bonds. The number of hydrogen-bond acceptors (Lipinski definition) is 13. The summed E-state index contributed by atoms with van der Waals surface area (Å²) < 4.78 is 16.4. The van der Waals surface area contributed by atoms with Crippen LogP contribution in [0.25, 0.3) is 0 Å². The third-order valence-electron chi connectivity index (χ3n) is 7.51. The molecule has 4 rings (SSSR count). The Hall–Kier alpha value is -3.48. The maximum atomic E-state index is 13.2. The number of benzene rings is 2. The van der Waals surface area contributed by atoms with Crippen LogP contribution in [0.15, 0.2) is 72.4 Å². The molecule has 10 atom stereocenters. The van der Waals surface area contributed by atoms with Crippen LogP contribution in [0.2, 0.25) is 0 Å². The highest BCUT2D eigenvalue weighted by molar-refractivity contribution is 6.18. The van der Waals surface area contributed by atoms with E-state index < -0.39 is 92.0 Å². The van der Waals surface area contributed by atoms with Gasteiger partial charge in [0.2, 0.25) is 0 Å². The predicted octanol–water partition coefficient (Wildman–Crippen LogP) is -3.28. The summed E-state index contributed by atoms with van der Waals surface area (Å²) in [6.45, 7) is -1.27. The average molecular weight is 634 g/mol. The largest absolute Gasteiger partial charge is 0.394 e. The Morgan fingerprint density at radius 1 is 0.711 bits per heavy atom. The molecule has 0 bridgehead atoms. The second kappa shape index (κ2) is 16.2. The number of carbonyl (C=O) groups is 2. The van der Waals surface area contributed by atoms with Gasteiger partial charge in [-0.15, -0.1) is 0 Å². The van der Waals surface area contributed by atoms with E-state index in [1.807, 2.05) is 12.1 Å². The first-order valence-corrected chi connectivity index (χ1v) is 14.3. The minimum absolute atomic E-state index is 0.105. The van der Waals surface area contributed by atoms with E-state index in [-0.39, 0.29) is 13.1 Å². The highest BCUT2D eigenvalue weighted by atomic mass is 16.7. The standard InChI is InChI=1S/C30H39N3O12/c34-14-19-22(36)24(38)25(39)30(44-19)45-26-20(15-35)43-29(42)21(23(26)37)31-13-18(27(40)32-11-16-7-3-1-4-8-16)28(41)33-12-17-9-5-2-6-10-17/h1-10,13,19-26,29-31,34-39,42H,11-12,14-15H2,(H,32,40)(H,33,41)/t19-,20-,21-,22+,23+,24-,25-,26-,29+,30+/m1/s1. The third kappa shape index (κ3) is 8.62. The molecule has 15 heteroatoms. The van der Waals surface area contributed by atoms with E-state index in [2.05, 4.69) is 16.0 Å². The van der Waals surface area contributed by atoms with Crippen molar-refractivity contribution >= 4 is 11.8 Å². The van der Waals surface area contributed by atoms with Crippen LogP contribution in [0.3, 0.4) is 0 Å². The van der Waals surface area contributed by atoms with Crippen molar-refractivity contribution in [2.75, 3.05) is 13.2 Å². The zero-order valence-corrected chi connectivity index (χ0v) is 24.1. The van der Waals surface area contributed by atoms with Gasteiger partial charge in [0.25, 0.3) is 11.8 Å². The predicted molar refractivity (Wildman–Crippen MR) is 154 cm³/mol. The Bertz CT molecular complexity index is 1210. The Balaban J connectivity index is 1.51. The molecule has 0 aromatic heterocycles. The Kier molecular flexibility index (Phi) is 12.4. The molecule has 0 saturated carbocycles. The van der Waals surface area contributed by atoms with Crippen molar-refractivity contribution in [3.8, 4) is 0 Å². The fourth-order valence-electron chi connectivity index (χ4n) is 4.93. The second-order valence-electron chi connectivity index (χ2n) is 10.6. The number of ether oxygens (including phenoxy) is 3. The number of nitrogens with one attached hydrogen (secondary N) is 3. The summed E-state index contributed by atoms with van der Waals surface area (Å²) in [6, 6.07) is 16.5. The van der Waals surface area contributed by atoms with E-state index in [4.69, 9.17) is 14.2 Å². The van der Waals surface area contributed by atoms with Gasteiger partial charge >= 0.3 is 0 Å². The number of carbonyl (C=O) groups excluding carboxylic acids is 2. The van der Waals surface area contributed by atoms with Gasteiger partial charge < -0.3 is 65.9 Å². The lowest BCUT2D eigenvalue weighted by Crippen LogP contribution is -2.66. The highest BCUT2D eigenvalue weighted by Crippen LogP contribution is 2.28. The molecule has 2 aromatic rings. The van der Waals surface area contributed by atoms with Crippen molar-refractivity contribution in [3.05, 3.63) is 83.6 Å². The molecular weight excluding hydrogens is 594 g/mol. The van der Waals surface area contributed by atoms with Gasteiger partial charge in [0, 0.05) is 19.3 Å². The molecule has 2 saturated heterocycles. The first-order chi connectivity index (χ1) is 21.6. The molecule has 2 aliphatic heterocycles.